The molecule has 1 N–H and O–H groups in total. The van der Waals surface area contributed by atoms with Crippen molar-refractivity contribution in [3.8, 4) is 0 Å². The summed E-state index contributed by atoms with van der Waals surface area (Å²) in [6, 6.07) is 16.0. The maximum Gasteiger partial charge on any atom is 0.249 e. The Morgan fingerprint density at radius 1 is 1.00 bits per heavy atom. The Morgan fingerprint density at radius 3 is 2.33 bits per heavy atom. The molecule has 4 rings (SSSR count). The van der Waals surface area contributed by atoms with Crippen LogP contribution in [0.5, 0.6) is 0 Å². The van der Waals surface area contributed by atoms with Gasteiger partial charge in [0.2, 0.25) is 11.8 Å². The lowest BCUT2D eigenvalue weighted by molar-refractivity contribution is -0.128. The van der Waals surface area contributed by atoms with E-state index in [1.165, 1.54) is 0 Å². The number of carbonyl (C=O) groups excluding carboxylic acids is 2. The van der Waals surface area contributed by atoms with Gasteiger partial charge in [-0.25, -0.2) is 4.68 Å². The van der Waals surface area contributed by atoms with E-state index < -0.39 is 11.6 Å². The van der Waals surface area contributed by atoms with Crippen molar-refractivity contribution >= 4 is 28.5 Å². The zero-order chi connectivity index (χ0) is 25.9. The van der Waals surface area contributed by atoms with Crippen LogP contribution in [0.15, 0.2) is 67.0 Å². The summed E-state index contributed by atoms with van der Waals surface area (Å²) in [5, 5.41) is 11.6. The normalized spacial score (nSPS) is 12.4. The highest BCUT2D eigenvalue weighted by molar-refractivity contribution is 6.02. The van der Waals surface area contributed by atoms with E-state index in [9.17, 15) is 9.59 Å². The Hall–Kier alpha value is -4.07. The molecule has 2 heterocycles. The average molecular weight is 485 g/mol. The minimum absolute atomic E-state index is 0.0691. The largest absolute Gasteiger partial charge is 0.349 e. The molecule has 2 aromatic heterocycles. The predicted octanol–water partition coefficient (Wildman–Crippen LogP) is 4.52. The lowest BCUT2D eigenvalue weighted by Crippen LogP contribution is -2.51. The van der Waals surface area contributed by atoms with Crippen LogP contribution in [0.2, 0.25) is 0 Å². The molecule has 0 fully saturated rings. The zero-order valence-corrected chi connectivity index (χ0v) is 21.4. The van der Waals surface area contributed by atoms with Crippen LogP contribution in [0.3, 0.4) is 0 Å². The number of benzene rings is 2. The van der Waals surface area contributed by atoms with Crippen molar-refractivity contribution in [3.63, 3.8) is 0 Å². The molecule has 0 aliphatic heterocycles. The number of carbonyl (C=O) groups is 2. The molecule has 0 spiro atoms. The number of hydrogen-bond acceptors (Lipinski definition) is 5. The number of fused-ring (bicyclic) bond motifs is 1. The summed E-state index contributed by atoms with van der Waals surface area (Å²) in [5.41, 5.74) is 4.19. The first-order chi connectivity index (χ1) is 17.2. The van der Waals surface area contributed by atoms with Crippen LogP contribution < -0.4 is 10.2 Å². The summed E-state index contributed by atoms with van der Waals surface area (Å²) < 4.78 is 1.58. The fourth-order valence-electron chi connectivity index (χ4n) is 4.28. The second-order valence-electron chi connectivity index (χ2n) is 9.65. The van der Waals surface area contributed by atoms with Crippen LogP contribution in [-0.4, -0.2) is 37.3 Å². The van der Waals surface area contributed by atoms with E-state index in [1.54, 1.807) is 34.1 Å². The van der Waals surface area contributed by atoms with Gasteiger partial charge in [0.05, 0.1) is 11.2 Å². The molecule has 4 aromatic rings. The van der Waals surface area contributed by atoms with Crippen molar-refractivity contribution in [2.24, 2.45) is 0 Å². The Kier molecular flexibility index (Phi) is 7.15. The maximum absolute atomic E-state index is 14.2. The van der Waals surface area contributed by atoms with Gasteiger partial charge in [0.1, 0.15) is 18.1 Å². The van der Waals surface area contributed by atoms with Gasteiger partial charge in [-0.05, 0) is 75.1 Å². The molecule has 0 aliphatic rings. The highest BCUT2D eigenvalue weighted by Crippen LogP contribution is 2.34. The summed E-state index contributed by atoms with van der Waals surface area (Å²) in [5.74, 6) is -0.526. The molecule has 0 radical (unpaired) electrons. The van der Waals surface area contributed by atoms with Gasteiger partial charge in [0.15, 0.2) is 0 Å². The first kappa shape index (κ1) is 25.0. The van der Waals surface area contributed by atoms with Crippen molar-refractivity contribution in [2.45, 2.75) is 59.2 Å². The van der Waals surface area contributed by atoms with E-state index in [-0.39, 0.29) is 18.4 Å². The van der Waals surface area contributed by atoms with Crippen LogP contribution >= 0.6 is 0 Å². The molecule has 8 nitrogen and oxygen atoms in total. The number of pyridine rings is 1. The van der Waals surface area contributed by atoms with Crippen LogP contribution in [0.25, 0.3) is 11.0 Å². The SMILES string of the molecule is CCC(C)(C)NC(=O)C(c1ccncc1)N(C(=O)Cn1nnc2ccccc21)c1c(C)cccc1C. The summed E-state index contributed by atoms with van der Waals surface area (Å²) in [4.78, 5) is 33.8. The molecule has 186 valence electrons. The smallest absolute Gasteiger partial charge is 0.249 e. The average Bonchev–Trinajstić information content (AvgIpc) is 3.26. The highest BCUT2D eigenvalue weighted by atomic mass is 16.2. The molecule has 1 unspecified atom stereocenters. The molecule has 1 atom stereocenters. The topological polar surface area (TPSA) is 93.0 Å². The molecule has 0 aliphatic carbocycles. The van der Waals surface area contributed by atoms with Gasteiger partial charge >= 0.3 is 0 Å². The first-order valence-electron chi connectivity index (χ1n) is 12.1. The Balaban J connectivity index is 1.86. The standard InChI is InChI=1S/C28H32N6O2/c1-6-28(4,5)30-27(36)26(21-14-16-29-17-15-21)34(25-19(2)10-9-11-20(25)3)24(35)18-33-23-13-8-7-12-22(23)31-32-33/h7-17,26H,6,18H2,1-5H3,(H,30,36). The Morgan fingerprint density at radius 2 is 1.67 bits per heavy atom. The minimum atomic E-state index is -0.902. The van der Waals surface area contributed by atoms with Crippen LogP contribution in [0.1, 0.15) is 49.9 Å². The number of nitrogens with one attached hydrogen (secondary N) is 1. The third kappa shape index (κ3) is 5.12. The minimum Gasteiger partial charge on any atom is -0.349 e. The number of rotatable bonds is 8. The molecule has 8 heteroatoms. The number of aryl methyl sites for hydroxylation is 2. The highest BCUT2D eigenvalue weighted by Gasteiger charge is 2.36. The lowest BCUT2D eigenvalue weighted by Gasteiger charge is -2.36. The lowest BCUT2D eigenvalue weighted by atomic mass is 9.97. The molecular formula is C28H32N6O2. The van der Waals surface area contributed by atoms with Gasteiger partial charge < -0.3 is 5.32 Å². The van der Waals surface area contributed by atoms with Gasteiger partial charge in [0.25, 0.3) is 0 Å². The van der Waals surface area contributed by atoms with E-state index in [0.29, 0.717) is 16.8 Å². The quantitative estimate of drug-likeness (QED) is 0.397. The van der Waals surface area contributed by atoms with Crippen LogP contribution in [0, 0.1) is 13.8 Å². The van der Waals surface area contributed by atoms with Crippen molar-refractivity contribution < 1.29 is 9.59 Å². The monoisotopic (exact) mass is 484 g/mol. The van der Waals surface area contributed by atoms with Gasteiger partial charge in [-0.1, -0.05) is 42.5 Å². The number of hydrogen-bond donors (Lipinski definition) is 1. The van der Waals surface area contributed by atoms with E-state index in [2.05, 4.69) is 20.6 Å². The number of amides is 2. The predicted molar refractivity (Wildman–Crippen MR) is 140 cm³/mol. The van der Waals surface area contributed by atoms with E-state index in [4.69, 9.17) is 0 Å². The Labute approximate surface area is 211 Å². The van der Waals surface area contributed by atoms with E-state index in [0.717, 1.165) is 23.1 Å². The molecule has 2 aromatic carbocycles. The van der Waals surface area contributed by atoms with Gasteiger partial charge in [-0.3, -0.25) is 19.5 Å². The molecule has 36 heavy (non-hydrogen) atoms. The third-order valence-corrected chi connectivity index (χ3v) is 6.53. The summed E-state index contributed by atoms with van der Waals surface area (Å²) in [7, 11) is 0. The summed E-state index contributed by atoms with van der Waals surface area (Å²) >= 11 is 0. The molecule has 0 saturated heterocycles. The number of nitrogens with zero attached hydrogens (tertiary/aromatic N) is 5. The van der Waals surface area contributed by atoms with Gasteiger partial charge in [-0.2, -0.15) is 0 Å². The maximum atomic E-state index is 14.2. The van der Waals surface area contributed by atoms with Gasteiger partial charge in [-0.15, -0.1) is 5.10 Å². The number of anilines is 1. The molecular weight excluding hydrogens is 452 g/mol. The van der Waals surface area contributed by atoms with Crippen molar-refractivity contribution in [1.29, 1.82) is 0 Å². The summed E-state index contributed by atoms with van der Waals surface area (Å²) in [6.45, 7) is 9.80. The summed E-state index contributed by atoms with van der Waals surface area (Å²) in [6.07, 6.45) is 4.02. The fourth-order valence-corrected chi connectivity index (χ4v) is 4.28. The second kappa shape index (κ2) is 10.3. The molecule has 2 amide bonds. The van der Waals surface area contributed by atoms with E-state index >= 15 is 0 Å². The van der Waals surface area contributed by atoms with Crippen molar-refractivity contribution in [2.75, 3.05) is 4.90 Å². The zero-order valence-electron chi connectivity index (χ0n) is 21.4. The van der Waals surface area contributed by atoms with Crippen LogP contribution in [0.4, 0.5) is 5.69 Å². The molecule has 0 bridgehead atoms. The van der Waals surface area contributed by atoms with Crippen molar-refractivity contribution in [1.82, 2.24) is 25.3 Å². The van der Waals surface area contributed by atoms with Crippen LogP contribution in [-0.2, 0) is 16.1 Å². The Bertz CT molecular complexity index is 1360. The molecule has 0 saturated carbocycles. The number of para-hydroxylation sites is 2. The fraction of sp³-hybridized carbons (Fsp3) is 0.321. The number of aromatic nitrogens is 4. The first-order valence-corrected chi connectivity index (χ1v) is 12.1. The van der Waals surface area contributed by atoms with E-state index in [1.807, 2.05) is 77.1 Å². The van der Waals surface area contributed by atoms with Gasteiger partial charge in [0, 0.05) is 17.9 Å². The third-order valence-electron chi connectivity index (χ3n) is 6.53. The van der Waals surface area contributed by atoms with Crippen molar-refractivity contribution in [3.05, 3.63) is 83.7 Å². The second-order valence-corrected chi connectivity index (χ2v) is 9.65.